The molecule has 4 rings (SSSR count). The number of hydrogen-bond acceptors (Lipinski definition) is 4. The average molecular weight is 473 g/mol. The lowest BCUT2D eigenvalue weighted by molar-refractivity contribution is -0.116. The Balaban J connectivity index is 1.83. The highest BCUT2D eigenvalue weighted by atomic mass is 35.5. The monoisotopic (exact) mass is 472 g/mol. The third kappa shape index (κ3) is 4.48. The van der Waals surface area contributed by atoms with Crippen molar-refractivity contribution >= 4 is 29.2 Å². The highest BCUT2D eigenvalue weighted by Gasteiger charge is 2.50. The highest BCUT2D eigenvalue weighted by molar-refractivity contribution is 6.36. The molecule has 1 saturated carbocycles. The summed E-state index contributed by atoms with van der Waals surface area (Å²) in [5.41, 5.74) is 1.34. The molecule has 2 aromatic rings. The van der Waals surface area contributed by atoms with E-state index in [0.717, 1.165) is 11.1 Å². The van der Waals surface area contributed by atoms with Gasteiger partial charge >= 0.3 is 6.09 Å². The zero-order chi connectivity index (χ0) is 23.8. The Morgan fingerprint density at radius 2 is 1.82 bits per heavy atom. The van der Waals surface area contributed by atoms with Crippen LogP contribution in [0.4, 0.5) is 9.18 Å². The Labute approximate surface area is 197 Å². The molecule has 33 heavy (non-hydrogen) atoms. The summed E-state index contributed by atoms with van der Waals surface area (Å²) < 4.78 is 19.2. The summed E-state index contributed by atoms with van der Waals surface area (Å²) in [5, 5.41) is 12.9. The van der Waals surface area contributed by atoms with Crippen molar-refractivity contribution in [2.75, 3.05) is 20.7 Å². The molecule has 8 heteroatoms. The van der Waals surface area contributed by atoms with Crippen molar-refractivity contribution < 1.29 is 23.8 Å². The first-order valence-electron chi connectivity index (χ1n) is 10.9. The van der Waals surface area contributed by atoms with Gasteiger partial charge in [-0.25, -0.2) is 9.18 Å². The SMILES string of the molecule is CN(C)C(=O)OC1=C(c2cc(-c3ccc(F)cc3)ccc2Cl)C(=O)NC12CCC(CO)CC2. The fourth-order valence-electron chi connectivity index (χ4n) is 4.49. The molecule has 0 unspecified atom stereocenters. The van der Waals surface area contributed by atoms with E-state index in [1.165, 1.54) is 17.0 Å². The predicted molar refractivity (Wildman–Crippen MR) is 124 cm³/mol. The number of rotatable bonds is 4. The van der Waals surface area contributed by atoms with Gasteiger partial charge in [-0.05, 0) is 67.0 Å². The van der Waals surface area contributed by atoms with E-state index < -0.39 is 11.6 Å². The largest absolute Gasteiger partial charge is 0.414 e. The van der Waals surface area contributed by atoms with Gasteiger partial charge in [0, 0.05) is 31.3 Å². The Kier molecular flexibility index (Phi) is 6.45. The number of carbonyl (C=O) groups excluding carboxylic acids is 2. The first-order chi connectivity index (χ1) is 15.7. The maximum absolute atomic E-state index is 13.4. The lowest BCUT2D eigenvalue weighted by Gasteiger charge is -2.38. The van der Waals surface area contributed by atoms with Crippen LogP contribution in [0.2, 0.25) is 5.02 Å². The van der Waals surface area contributed by atoms with Gasteiger partial charge in [0.05, 0.1) is 11.1 Å². The molecule has 2 aromatic carbocycles. The fourth-order valence-corrected chi connectivity index (χ4v) is 4.71. The molecule has 6 nitrogen and oxygen atoms in total. The Bertz CT molecular complexity index is 1110. The van der Waals surface area contributed by atoms with Crippen LogP contribution >= 0.6 is 11.6 Å². The van der Waals surface area contributed by atoms with Crippen LogP contribution in [0.25, 0.3) is 16.7 Å². The smallest absolute Gasteiger partial charge is 0.411 e. The van der Waals surface area contributed by atoms with E-state index in [2.05, 4.69) is 5.32 Å². The first kappa shape index (κ1) is 23.3. The molecule has 0 aromatic heterocycles. The lowest BCUT2D eigenvalue weighted by atomic mass is 9.76. The van der Waals surface area contributed by atoms with Crippen LogP contribution in [0.15, 0.2) is 48.2 Å². The minimum absolute atomic E-state index is 0.0823. The van der Waals surface area contributed by atoms with E-state index in [0.29, 0.717) is 36.3 Å². The molecule has 1 heterocycles. The third-order valence-electron chi connectivity index (χ3n) is 6.43. The number of hydrogen-bond donors (Lipinski definition) is 2. The Morgan fingerprint density at radius 3 is 2.42 bits per heavy atom. The fraction of sp³-hybridized carbons (Fsp3) is 0.360. The molecular weight excluding hydrogens is 447 g/mol. The van der Waals surface area contributed by atoms with E-state index in [1.807, 2.05) is 0 Å². The number of carbonyl (C=O) groups is 2. The highest BCUT2D eigenvalue weighted by Crippen LogP contribution is 2.46. The number of nitrogens with zero attached hydrogens (tertiary/aromatic N) is 1. The second-order valence-electron chi connectivity index (χ2n) is 8.83. The minimum atomic E-state index is -0.834. The Hall–Kier alpha value is -2.90. The summed E-state index contributed by atoms with van der Waals surface area (Å²) in [6.45, 7) is 0.0823. The molecule has 2 amide bonds. The van der Waals surface area contributed by atoms with Gasteiger partial charge in [0.15, 0.2) is 0 Å². The predicted octanol–water partition coefficient (Wildman–Crippen LogP) is 4.61. The van der Waals surface area contributed by atoms with E-state index in [1.54, 1.807) is 44.4 Å². The molecule has 1 aliphatic heterocycles. The third-order valence-corrected chi connectivity index (χ3v) is 6.76. The second-order valence-corrected chi connectivity index (χ2v) is 9.24. The van der Waals surface area contributed by atoms with Crippen LogP contribution in [0.5, 0.6) is 0 Å². The van der Waals surface area contributed by atoms with Crippen LogP contribution in [0.1, 0.15) is 31.2 Å². The summed E-state index contributed by atoms with van der Waals surface area (Å²) in [5.74, 6) is -0.296. The van der Waals surface area contributed by atoms with Crippen LogP contribution in [-0.2, 0) is 9.53 Å². The summed E-state index contributed by atoms with van der Waals surface area (Å²) in [7, 11) is 3.15. The average Bonchev–Trinajstić information content (AvgIpc) is 3.05. The Morgan fingerprint density at radius 1 is 1.18 bits per heavy atom. The number of halogens is 2. The number of nitrogens with one attached hydrogen (secondary N) is 1. The van der Waals surface area contributed by atoms with E-state index in [-0.39, 0.29) is 35.6 Å². The van der Waals surface area contributed by atoms with Gasteiger partial charge in [-0.15, -0.1) is 0 Å². The van der Waals surface area contributed by atoms with Crippen molar-refractivity contribution in [2.24, 2.45) is 5.92 Å². The van der Waals surface area contributed by atoms with Gasteiger partial charge in [-0.2, -0.15) is 0 Å². The number of ether oxygens (including phenoxy) is 1. The molecule has 2 N–H and O–H groups in total. The van der Waals surface area contributed by atoms with E-state index in [9.17, 15) is 19.1 Å². The van der Waals surface area contributed by atoms with Gasteiger partial charge in [0.25, 0.3) is 5.91 Å². The zero-order valence-electron chi connectivity index (χ0n) is 18.5. The molecule has 0 saturated heterocycles. The molecule has 1 spiro atoms. The van der Waals surface area contributed by atoms with Crippen molar-refractivity contribution in [3.63, 3.8) is 0 Å². The lowest BCUT2D eigenvalue weighted by Crippen LogP contribution is -2.48. The molecule has 0 bridgehead atoms. The number of aliphatic hydroxyl groups is 1. The van der Waals surface area contributed by atoms with Gasteiger partial charge in [0.1, 0.15) is 11.6 Å². The van der Waals surface area contributed by atoms with Crippen molar-refractivity contribution in [3.05, 3.63) is 64.6 Å². The molecule has 2 aliphatic rings. The second kappa shape index (κ2) is 9.15. The minimum Gasteiger partial charge on any atom is -0.411 e. The normalized spacial score (nSPS) is 22.5. The summed E-state index contributed by atoms with van der Waals surface area (Å²) in [4.78, 5) is 27.1. The van der Waals surface area contributed by atoms with Crippen molar-refractivity contribution in [2.45, 2.75) is 31.2 Å². The van der Waals surface area contributed by atoms with Crippen molar-refractivity contribution in [1.29, 1.82) is 0 Å². The summed E-state index contributed by atoms with van der Waals surface area (Å²) >= 11 is 6.53. The standard InChI is InChI=1S/C25H26ClFN2O4/c1-29(2)24(32)33-22-21(23(31)28-25(22)11-9-15(14-30)10-12-25)19-13-17(5-8-20(19)26)16-3-6-18(27)7-4-16/h3-8,13,15,30H,9-12,14H2,1-2H3,(H,28,31). The van der Waals surface area contributed by atoms with Gasteiger partial charge in [-0.3, -0.25) is 4.79 Å². The summed E-state index contributed by atoms with van der Waals surface area (Å²) in [6.07, 6.45) is 1.87. The summed E-state index contributed by atoms with van der Waals surface area (Å²) in [6, 6.07) is 11.3. The molecule has 1 fully saturated rings. The molecule has 0 radical (unpaired) electrons. The zero-order valence-corrected chi connectivity index (χ0v) is 19.3. The van der Waals surface area contributed by atoms with Crippen molar-refractivity contribution in [1.82, 2.24) is 10.2 Å². The molecule has 174 valence electrons. The molecular formula is C25H26ClFN2O4. The number of aliphatic hydroxyl groups excluding tert-OH is 1. The maximum Gasteiger partial charge on any atom is 0.414 e. The van der Waals surface area contributed by atoms with E-state index >= 15 is 0 Å². The van der Waals surface area contributed by atoms with E-state index in [4.69, 9.17) is 16.3 Å². The van der Waals surface area contributed by atoms with Crippen LogP contribution in [-0.4, -0.2) is 48.2 Å². The number of benzene rings is 2. The number of amides is 2. The van der Waals surface area contributed by atoms with Gasteiger partial charge in [-0.1, -0.05) is 29.8 Å². The molecule has 0 atom stereocenters. The first-order valence-corrected chi connectivity index (χ1v) is 11.2. The molecule has 1 aliphatic carbocycles. The van der Waals surface area contributed by atoms with Crippen molar-refractivity contribution in [3.8, 4) is 11.1 Å². The maximum atomic E-state index is 13.4. The van der Waals surface area contributed by atoms with Gasteiger partial charge in [0.2, 0.25) is 0 Å². The van der Waals surface area contributed by atoms with Crippen LogP contribution < -0.4 is 5.32 Å². The van der Waals surface area contributed by atoms with Gasteiger partial charge < -0.3 is 20.1 Å². The van der Waals surface area contributed by atoms with Crippen LogP contribution in [0, 0.1) is 11.7 Å². The topological polar surface area (TPSA) is 78.9 Å². The quantitative estimate of drug-likeness (QED) is 0.681. The van der Waals surface area contributed by atoms with Crippen LogP contribution in [0.3, 0.4) is 0 Å².